The Hall–Kier alpha value is -3.21. The highest BCUT2D eigenvalue weighted by atomic mass is 35.5. The number of carbonyl (C=O) groups is 2. The number of halogens is 1. The van der Waals surface area contributed by atoms with Gasteiger partial charge in [0.25, 0.3) is 5.91 Å². The van der Waals surface area contributed by atoms with Crippen LogP contribution in [0.15, 0.2) is 60.0 Å². The third-order valence-corrected chi connectivity index (χ3v) is 5.30. The molecule has 0 atom stereocenters. The summed E-state index contributed by atoms with van der Waals surface area (Å²) in [6, 6.07) is 18.3. The van der Waals surface area contributed by atoms with Gasteiger partial charge in [0.05, 0.1) is 24.6 Å². The van der Waals surface area contributed by atoms with E-state index in [2.05, 4.69) is 4.98 Å². The summed E-state index contributed by atoms with van der Waals surface area (Å²) in [7, 11) is 0. The smallest absolute Gasteiger partial charge is 0.312 e. The first-order valence-electron chi connectivity index (χ1n) is 9.15. The second kappa shape index (κ2) is 10.5. The molecule has 0 aliphatic carbocycles. The molecule has 2 aromatic carbocycles. The molecule has 152 valence electrons. The van der Waals surface area contributed by atoms with Crippen LogP contribution in [0.3, 0.4) is 0 Å². The Morgan fingerprint density at radius 2 is 1.97 bits per heavy atom. The van der Waals surface area contributed by atoms with Crippen LogP contribution in [-0.2, 0) is 20.7 Å². The Balaban J connectivity index is 1.57. The summed E-state index contributed by atoms with van der Waals surface area (Å²) in [5.74, 6) is -0.928. The van der Waals surface area contributed by atoms with Crippen molar-refractivity contribution in [1.82, 2.24) is 4.98 Å². The molecule has 0 fully saturated rings. The molecular formula is C22H18ClN3O3S. The molecule has 3 rings (SSSR count). The van der Waals surface area contributed by atoms with Gasteiger partial charge in [-0.05, 0) is 24.3 Å². The van der Waals surface area contributed by atoms with Gasteiger partial charge in [0.15, 0.2) is 6.61 Å². The van der Waals surface area contributed by atoms with Crippen LogP contribution in [0.1, 0.15) is 12.1 Å². The average Bonchev–Trinajstić information content (AvgIpc) is 3.22. The third kappa shape index (κ3) is 5.89. The Morgan fingerprint density at radius 1 is 1.17 bits per heavy atom. The van der Waals surface area contributed by atoms with E-state index in [0.717, 1.165) is 10.6 Å². The number of nitrogens with zero attached hydrogens (tertiary/aromatic N) is 3. The highest BCUT2D eigenvalue weighted by molar-refractivity contribution is 7.13. The molecule has 0 spiro atoms. The van der Waals surface area contributed by atoms with Gasteiger partial charge < -0.3 is 9.64 Å². The average molecular weight is 440 g/mol. The van der Waals surface area contributed by atoms with E-state index in [1.54, 1.807) is 41.8 Å². The third-order valence-electron chi connectivity index (χ3n) is 4.12. The van der Waals surface area contributed by atoms with Gasteiger partial charge in [-0.3, -0.25) is 9.59 Å². The van der Waals surface area contributed by atoms with Crippen molar-refractivity contribution in [3.05, 3.63) is 70.7 Å². The van der Waals surface area contributed by atoms with Gasteiger partial charge in [0.2, 0.25) is 0 Å². The second-order valence-electron chi connectivity index (χ2n) is 6.28. The molecule has 0 bridgehead atoms. The predicted octanol–water partition coefficient (Wildman–Crippen LogP) is 4.50. The van der Waals surface area contributed by atoms with Crippen LogP contribution < -0.4 is 4.90 Å². The van der Waals surface area contributed by atoms with Crippen LogP contribution in [-0.4, -0.2) is 30.0 Å². The number of hydrogen-bond acceptors (Lipinski definition) is 6. The largest absolute Gasteiger partial charge is 0.455 e. The minimum absolute atomic E-state index is 0.0339. The Morgan fingerprint density at radius 3 is 2.70 bits per heavy atom. The molecule has 0 unspecified atom stereocenters. The SMILES string of the molecule is N#CCCN(C(=O)COC(=O)Cc1csc(-c2cccc(Cl)c2)n1)c1ccccc1. The van der Waals surface area contributed by atoms with E-state index in [0.29, 0.717) is 16.4 Å². The maximum atomic E-state index is 12.5. The first kappa shape index (κ1) is 21.5. The maximum Gasteiger partial charge on any atom is 0.312 e. The fourth-order valence-electron chi connectivity index (χ4n) is 2.73. The molecule has 0 N–H and O–H groups in total. The van der Waals surface area contributed by atoms with E-state index in [4.69, 9.17) is 21.6 Å². The zero-order valence-corrected chi connectivity index (χ0v) is 17.5. The number of thiazole rings is 1. The van der Waals surface area contributed by atoms with Gasteiger partial charge in [-0.1, -0.05) is 41.9 Å². The molecule has 0 saturated heterocycles. The lowest BCUT2D eigenvalue weighted by molar-refractivity contribution is -0.147. The van der Waals surface area contributed by atoms with Crippen molar-refractivity contribution in [3.8, 4) is 16.6 Å². The molecule has 30 heavy (non-hydrogen) atoms. The van der Waals surface area contributed by atoms with Gasteiger partial charge in [-0.15, -0.1) is 11.3 Å². The lowest BCUT2D eigenvalue weighted by Gasteiger charge is -2.21. The zero-order valence-electron chi connectivity index (χ0n) is 16.0. The number of benzene rings is 2. The molecule has 1 heterocycles. The van der Waals surface area contributed by atoms with Crippen molar-refractivity contribution in [2.45, 2.75) is 12.8 Å². The Bertz CT molecular complexity index is 1060. The summed E-state index contributed by atoms with van der Waals surface area (Å²) in [4.78, 5) is 30.6. The molecule has 8 heteroatoms. The minimum Gasteiger partial charge on any atom is -0.455 e. The number of esters is 1. The molecule has 3 aromatic rings. The standard InChI is InChI=1S/C22H18ClN3O3S/c23-17-7-4-6-16(12-17)22-25-18(15-30-22)13-21(28)29-14-20(27)26(11-5-10-24)19-8-2-1-3-9-19/h1-4,6-9,12,15H,5,11,13-14H2. The van der Waals surface area contributed by atoms with Crippen molar-refractivity contribution in [3.63, 3.8) is 0 Å². The Labute approximate surface area is 183 Å². The van der Waals surface area contributed by atoms with Gasteiger partial charge >= 0.3 is 5.97 Å². The van der Waals surface area contributed by atoms with E-state index in [1.807, 2.05) is 24.3 Å². The number of hydrogen-bond donors (Lipinski definition) is 0. The lowest BCUT2D eigenvalue weighted by atomic mass is 10.2. The number of anilines is 1. The summed E-state index contributed by atoms with van der Waals surface area (Å²) in [6.07, 6.45) is 0.146. The van der Waals surface area contributed by atoms with Crippen molar-refractivity contribution in [1.29, 1.82) is 5.26 Å². The number of aromatic nitrogens is 1. The molecule has 1 amide bonds. The number of ether oxygens (including phenoxy) is 1. The van der Waals surface area contributed by atoms with Crippen molar-refractivity contribution in [2.24, 2.45) is 0 Å². The van der Waals surface area contributed by atoms with Crippen LogP contribution in [0.4, 0.5) is 5.69 Å². The zero-order chi connectivity index (χ0) is 21.3. The summed E-state index contributed by atoms with van der Waals surface area (Å²) < 4.78 is 5.15. The number of rotatable bonds is 8. The van der Waals surface area contributed by atoms with E-state index in [-0.39, 0.29) is 25.3 Å². The maximum absolute atomic E-state index is 12.5. The number of carbonyl (C=O) groups excluding carboxylic acids is 2. The van der Waals surface area contributed by atoms with E-state index in [9.17, 15) is 9.59 Å². The first-order chi connectivity index (χ1) is 14.6. The van der Waals surface area contributed by atoms with Gasteiger partial charge in [0, 0.05) is 28.2 Å². The topological polar surface area (TPSA) is 83.3 Å². The van der Waals surface area contributed by atoms with Crippen LogP contribution >= 0.6 is 22.9 Å². The van der Waals surface area contributed by atoms with Crippen molar-refractivity contribution in [2.75, 3.05) is 18.1 Å². The van der Waals surface area contributed by atoms with E-state index in [1.165, 1.54) is 16.2 Å². The van der Waals surface area contributed by atoms with Crippen LogP contribution in [0.2, 0.25) is 5.02 Å². The van der Waals surface area contributed by atoms with Crippen molar-refractivity contribution < 1.29 is 14.3 Å². The molecule has 0 aliphatic rings. The normalized spacial score (nSPS) is 10.3. The van der Waals surface area contributed by atoms with Crippen LogP contribution in [0, 0.1) is 11.3 Å². The summed E-state index contributed by atoms with van der Waals surface area (Å²) in [5.41, 5.74) is 2.09. The minimum atomic E-state index is -0.542. The van der Waals surface area contributed by atoms with E-state index >= 15 is 0 Å². The first-order valence-corrected chi connectivity index (χ1v) is 10.4. The van der Waals surface area contributed by atoms with Crippen LogP contribution in [0.5, 0.6) is 0 Å². The number of para-hydroxylation sites is 1. The molecular weight excluding hydrogens is 422 g/mol. The fraction of sp³-hybridized carbons (Fsp3) is 0.182. The molecule has 0 aliphatic heterocycles. The van der Waals surface area contributed by atoms with Crippen LogP contribution in [0.25, 0.3) is 10.6 Å². The lowest BCUT2D eigenvalue weighted by Crippen LogP contribution is -2.35. The summed E-state index contributed by atoms with van der Waals surface area (Å²) in [5, 5.41) is 12.0. The number of nitriles is 1. The summed E-state index contributed by atoms with van der Waals surface area (Å²) in [6.45, 7) is -0.170. The highest BCUT2D eigenvalue weighted by Gasteiger charge is 2.18. The number of amides is 1. The van der Waals surface area contributed by atoms with E-state index < -0.39 is 12.6 Å². The van der Waals surface area contributed by atoms with Gasteiger partial charge in [-0.2, -0.15) is 5.26 Å². The molecule has 1 aromatic heterocycles. The molecule has 0 saturated carbocycles. The van der Waals surface area contributed by atoms with Gasteiger partial charge in [0.1, 0.15) is 5.01 Å². The molecule has 6 nitrogen and oxygen atoms in total. The molecule has 0 radical (unpaired) electrons. The second-order valence-corrected chi connectivity index (χ2v) is 7.58. The Kier molecular flexibility index (Phi) is 7.55. The highest BCUT2D eigenvalue weighted by Crippen LogP contribution is 2.26. The van der Waals surface area contributed by atoms with Gasteiger partial charge in [-0.25, -0.2) is 4.98 Å². The predicted molar refractivity (Wildman–Crippen MR) is 116 cm³/mol. The quantitative estimate of drug-likeness (QED) is 0.482. The monoisotopic (exact) mass is 439 g/mol. The fourth-order valence-corrected chi connectivity index (χ4v) is 3.74. The van der Waals surface area contributed by atoms with Crippen molar-refractivity contribution >= 4 is 40.5 Å². The summed E-state index contributed by atoms with van der Waals surface area (Å²) >= 11 is 7.41.